The second kappa shape index (κ2) is 10.7. The maximum absolute atomic E-state index is 12.4. The first-order chi connectivity index (χ1) is 13.6. The zero-order valence-corrected chi connectivity index (χ0v) is 17.9. The van der Waals surface area contributed by atoms with Crippen molar-refractivity contribution in [2.75, 3.05) is 25.4 Å². The Hall–Kier alpha value is -1.78. The molecule has 0 aliphatic carbocycles. The minimum atomic E-state index is 0.176. The number of aryl methyl sites for hydroxylation is 2. The molecule has 0 radical (unpaired) electrons. The number of nitrogens with one attached hydrogen (secondary N) is 1. The van der Waals surface area contributed by atoms with E-state index >= 15 is 0 Å². The van der Waals surface area contributed by atoms with Gasteiger partial charge in [0.05, 0.1) is 0 Å². The maximum atomic E-state index is 12.4. The van der Waals surface area contributed by atoms with Gasteiger partial charge in [-0.25, -0.2) is 0 Å². The summed E-state index contributed by atoms with van der Waals surface area (Å²) < 4.78 is 0. The first kappa shape index (κ1) is 20.9. The zero-order valence-electron chi connectivity index (χ0n) is 17.1. The average molecular weight is 397 g/mol. The van der Waals surface area contributed by atoms with Gasteiger partial charge in [0.15, 0.2) is 0 Å². The van der Waals surface area contributed by atoms with Gasteiger partial charge < -0.3 is 5.32 Å². The third-order valence-electron chi connectivity index (χ3n) is 5.55. The molecule has 0 atom stereocenters. The van der Waals surface area contributed by atoms with Crippen LogP contribution in [0, 0.1) is 19.8 Å². The van der Waals surface area contributed by atoms with Gasteiger partial charge in [0, 0.05) is 30.5 Å². The highest BCUT2D eigenvalue weighted by atomic mass is 32.2. The number of piperidine rings is 1. The van der Waals surface area contributed by atoms with Crippen LogP contribution < -0.4 is 5.32 Å². The third kappa shape index (κ3) is 6.39. The van der Waals surface area contributed by atoms with E-state index in [2.05, 4.69) is 72.6 Å². The summed E-state index contributed by atoms with van der Waals surface area (Å²) in [5.41, 5.74) is 5.40. The largest absolute Gasteiger partial charge is 0.355 e. The molecular weight excluding hydrogens is 364 g/mol. The molecule has 0 unspecified atom stereocenters. The van der Waals surface area contributed by atoms with Crippen molar-refractivity contribution < 1.29 is 4.79 Å². The predicted octanol–water partition coefficient (Wildman–Crippen LogP) is 4.57. The summed E-state index contributed by atoms with van der Waals surface area (Å²) in [4.78, 5) is 14.9. The molecule has 1 amide bonds. The van der Waals surface area contributed by atoms with Crippen LogP contribution in [0.4, 0.5) is 0 Å². The molecule has 1 fully saturated rings. The lowest BCUT2D eigenvalue weighted by Crippen LogP contribution is -2.40. The summed E-state index contributed by atoms with van der Waals surface area (Å²) >= 11 is 1.88. The maximum Gasteiger partial charge on any atom is 0.223 e. The molecule has 1 heterocycles. The number of hydrogen-bond donors (Lipinski definition) is 1. The second-order valence-electron chi connectivity index (χ2n) is 7.81. The number of benzene rings is 2. The standard InChI is InChI=1S/C24H32N2OS/c1-19-7-9-21(10-8-19)18-28-16-13-25-24(27)22-11-14-26(15-12-22)17-23-6-4-3-5-20(23)2/h3-10,22H,11-18H2,1-2H3,(H,25,27). The highest BCUT2D eigenvalue weighted by Gasteiger charge is 2.24. The normalized spacial score (nSPS) is 15.5. The number of carbonyl (C=O) groups excluding carboxylic acids is 1. The molecule has 3 rings (SSSR count). The Morgan fingerprint density at radius 2 is 1.79 bits per heavy atom. The fourth-order valence-electron chi connectivity index (χ4n) is 3.65. The lowest BCUT2D eigenvalue weighted by atomic mass is 9.95. The summed E-state index contributed by atoms with van der Waals surface area (Å²) in [5.74, 6) is 2.39. The van der Waals surface area contributed by atoms with Gasteiger partial charge in [0.1, 0.15) is 0 Å². The zero-order chi connectivity index (χ0) is 19.8. The molecule has 28 heavy (non-hydrogen) atoms. The number of likely N-dealkylation sites (tertiary alicyclic amines) is 1. The molecule has 0 aromatic heterocycles. The Morgan fingerprint density at radius 3 is 2.50 bits per heavy atom. The first-order valence-corrected chi connectivity index (χ1v) is 11.4. The lowest BCUT2D eigenvalue weighted by Gasteiger charge is -2.31. The smallest absolute Gasteiger partial charge is 0.223 e. The van der Waals surface area contributed by atoms with Crippen molar-refractivity contribution in [1.82, 2.24) is 10.2 Å². The van der Waals surface area contributed by atoms with Crippen LogP contribution in [-0.2, 0) is 17.1 Å². The van der Waals surface area contributed by atoms with Crippen LogP contribution in [0.2, 0.25) is 0 Å². The molecule has 0 bridgehead atoms. The van der Waals surface area contributed by atoms with Crippen LogP contribution in [0.15, 0.2) is 48.5 Å². The van der Waals surface area contributed by atoms with Crippen molar-refractivity contribution in [2.24, 2.45) is 5.92 Å². The van der Waals surface area contributed by atoms with Crippen molar-refractivity contribution in [3.05, 3.63) is 70.8 Å². The molecule has 1 aliphatic rings. The van der Waals surface area contributed by atoms with Crippen LogP contribution in [0.1, 0.15) is 35.1 Å². The van der Waals surface area contributed by atoms with Crippen molar-refractivity contribution in [2.45, 2.75) is 39.0 Å². The highest BCUT2D eigenvalue weighted by Crippen LogP contribution is 2.20. The molecule has 0 saturated carbocycles. The molecule has 1 N–H and O–H groups in total. The SMILES string of the molecule is Cc1ccc(CSCCNC(=O)C2CCN(Cc3ccccc3C)CC2)cc1. The van der Waals surface area contributed by atoms with E-state index in [1.54, 1.807) is 0 Å². The van der Waals surface area contributed by atoms with E-state index in [1.165, 1.54) is 22.3 Å². The summed E-state index contributed by atoms with van der Waals surface area (Å²) in [6.45, 7) is 8.06. The first-order valence-electron chi connectivity index (χ1n) is 10.3. The molecule has 4 heteroatoms. The van der Waals surface area contributed by atoms with Crippen molar-refractivity contribution in [3.8, 4) is 0 Å². The monoisotopic (exact) mass is 396 g/mol. The van der Waals surface area contributed by atoms with Gasteiger partial charge >= 0.3 is 0 Å². The van der Waals surface area contributed by atoms with Crippen molar-refractivity contribution in [3.63, 3.8) is 0 Å². The van der Waals surface area contributed by atoms with Crippen molar-refractivity contribution >= 4 is 17.7 Å². The van der Waals surface area contributed by atoms with Crippen LogP contribution in [0.25, 0.3) is 0 Å². The molecule has 150 valence electrons. The van der Waals surface area contributed by atoms with Crippen molar-refractivity contribution in [1.29, 1.82) is 0 Å². The van der Waals surface area contributed by atoms with Gasteiger partial charge in [-0.1, -0.05) is 54.1 Å². The molecular formula is C24H32N2OS. The van der Waals surface area contributed by atoms with Gasteiger partial charge in [-0.05, 0) is 56.5 Å². The van der Waals surface area contributed by atoms with E-state index in [0.29, 0.717) is 0 Å². The predicted molar refractivity (Wildman–Crippen MR) is 120 cm³/mol. The van der Waals surface area contributed by atoms with Crippen LogP contribution in [0.5, 0.6) is 0 Å². The summed E-state index contributed by atoms with van der Waals surface area (Å²) in [7, 11) is 0. The Labute approximate surface area is 173 Å². The fourth-order valence-corrected chi connectivity index (χ4v) is 4.47. The van der Waals surface area contributed by atoms with Crippen LogP contribution >= 0.6 is 11.8 Å². The van der Waals surface area contributed by atoms with E-state index in [-0.39, 0.29) is 11.8 Å². The Kier molecular flexibility index (Phi) is 7.99. The average Bonchev–Trinajstić information content (AvgIpc) is 2.71. The Bertz CT molecular complexity index is 751. The second-order valence-corrected chi connectivity index (χ2v) is 8.91. The van der Waals surface area contributed by atoms with Gasteiger partial charge in [0.2, 0.25) is 5.91 Å². The number of amides is 1. The van der Waals surface area contributed by atoms with E-state index in [9.17, 15) is 4.79 Å². The highest BCUT2D eigenvalue weighted by molar-refractivity contribution is 7.98. The number of rotatable bonds is 8. The molecule has 2 aromatic carbocycles. The summed E-state index contributed by atoms with van der Waals surface area (Å²) in [6, 6.07) is 17.3. The fraction of sp³-hybridized carbons (Fsp3) is 0.458. The number of hydrogen-bond acceptors (Lipinski definition) is 3. The number of thioether (sulfide) groups is 1. The summed E-state index contributed by atoms with van der Waals surface area (Å²) in [5, 5.41) is 3.14. The molecule has 3 nitrogen and oxygen atoms in total. The van der Waals surface area contributed by atoms with E-state index < -0.39 is 0 Å². The number of nitrogens with zero attached hydrogens (tertiary/aromatic N) is 1. The number of carbonyl (C=O) groups is 1. The van der Waals surface area contributed by atoms with Gasteiger partial charge in [-0.2, -0.15) is 11.8 Å². The van der Waals surface area contributed by atoms with Gasteiger partial charge in [-0.15, -0.1) is 0 Å². The summed E-state index contributed by atoms with van der Waals surface area (Å²) in [6.07, 6.45) is 1.93. The molecule has 1 saturated heterocycles. The Balaban J connectivity index is 1.30. The van der Waals surface area contributed by atoms with Crippen LogP contribution in [0.3, 0.4) is 0 Å². The minimum Gasteiger partial charge on any atom is -0.355 e. The third-order valence-corrected chi connectivity index (χ3v) is 6.58. The quantitative estimate of drug-likeness (QED) is 0.664. The van der Waals surface area contributed by atoms with Gasteiger partial charge in [-0.3, -0.25) is 9.69 Å². The van der Waals surface area contributed by atoms with E-state index in [4.69, 9.17) is 0 Å². The topological polar surface area (TPSA) is 32.3 Å². The van der Waals surface area contributed by atoms with Crippen LogP contribution in [-0.4, -0.2) is 36.2 Å². The Morgan fingerprint density at radius 1 is 1.07 bits per heavy atom. The molecule has 1 aliphatic heterocycles. The minimum absolute atomic E-state index is 0.176. The molecule has 0 spiro atoms. The lowest BCUT2D eigenvalue weighted by molar-refractivity contribution is -0.126. The van der Waals surface area contributed by atoms with E-state index in [0.717, 1.165) is 50.5 Å². The van der Waals surface area contributed by atoms with E-state index in [1.807, 2.05) is 11.8 Å². The molecule has 2 aromatic rings. The van der Waals surface area contributed by atoms with Gasteiger partial charge in [0.25, 0.3) is 0 Å².